The van der Waals surface area contributed by atoms with Gasteiger partial charge in [0, 0.05) is 60.2 Å². The third-order valence-electron chi connectivity index (χ3n) is 7.95. The number of pyridine rings is 1. The van der Waals surface area contributed by atoms with Crippen molar-refractivity contribution in [2.45, 2.75) is 57.4 Å². The minimum absolute atomic E-state index is 0.0318. The molecule has 12 heteroatoms. The molecule has 0 aliphatic carbocycles. The number of halogens is 3. The average Bonchev–Trinajstić information content (AvgIpc) is 3.55. The molecule has 2 unspecified atom stereocenters. The van der Waals surface area contributed by atoms with Gasteiger partial charge in [-0.25, -0.2) is 9.59 Å². The van der Waals surface area contributed by atoms with E-state index in [1.807, 2.05) is 31.2 Å². The van der Waals surface area contributed by atoms with Gasteiger partial charge in [-0.05, 0) is 57.9 Å². The zero-order valence-corrected chi connectivity index (χ0v) is 24.6. The topological polar surface area (TPSA) is 96.0 Å². The van der Waals surface area contributed by atoms with E-state index in [4.69, 9.17) is 9.47 Å². The summed E-state index contributed by atoms with van der Waals surface area (Å²) in [6.45, 7) is 7.20. The Morgan fingerprint density at radius 1 is 1.07 bits per heavy atom. The molecule has 2 aromatic carbocycles. The maximum Gasteiger partial charge on any atom is 0.416 e. The number of piperazine rings is 1. The second-order valence-corrected chi connectivity index (χ2v) is 11.6. The highest BCUT2D eigenvalue weighted by Crippen LogP contribution is 2.36. The first-order valence-electron chi connectivity index (χ1n) is 14.2. The standard InChI is InChI=1S/C31H36F3N5O4/c1-19-12-27(25-8-5-6-9-26(25)35-19)36-21-13-20(31(32,33)34)14-24(15-21)43-11-7-10-38-17-23-16-22(38)18-39(23)29(41)37-30(2,3)28(40)42-4/h5-6,8-9,12-15,22-23H,7,10-11,16-18H2,1-4H3,(H,35,36)(H,37,41). The molecule has 3 heterocycles. The van der Waals surface area contributed by atoms with Crippen molar-refractivity contribution in [1.29, 1.82) is 0 Å². The van der Waals surface area contributed by atoms with Crippen molar-refractivity contribution >= 4 is 34.3 Å². The molecule has 9 nitrogen and oxygen atoms in total. The molecule has 2 saturated heterocycles. The summed E-state index contributed by atoms with van der Waals surface area (Å²) in [5.74, 6) is -0.386. The molecule has 2 N–H and O–H groups in total. The predicted octanol–water partition coefficient (Wildman–Crippen LogP) is 5.49. The summed E-state index contributed by atoms with van der Waals surface area (Å²) in [7, 11) is 1.28. The molecule has 0 spiro atoms. The highest BCUT2D eigenvalue weighted by molar-refractivity contribution is 5.93. The maximum absolute atomic E-state index is 13.8. The highest BCUT2D eigenvalue weighted by atomic mass is 19.4. The third-order valence-corrected chi connectivity index (χ3v) is 7.95. The van der Waals surface area contributed by atoms with Crippen molar-refractivity contribution < 1.29 is 32.2 Å². The number of carbonyl (C=O) groups is 2. The van der Waals surface area contributed by atoms with Crippen molar-refractivity contribution in [2.24, 2.45) is 0 Å². The van der Waals surface area contributed by atoms with Gasteiger partial charge in [0.2, 0.25) is 0 Å². The number of hydrogen-bond donors (Lipinski definition) is 2. The quantitative estimate of drug-likeness (QED) is 0.248. The van der Waals surface area contributed by atoms with E-state index in [2.05, 4.69) is 20.5 Å². The van der Waals surface area contributed by atoms with E-state index in [1.54, 1.807) is 30.9 Å². The fourth-order valence-electron chi connectivity index (χ4n) is 5.86. The Morgan fingerprint density at radius 2 is 1.84 bits per heavy atom. The number of urea groups is 1. The number of anilines is 2. The van der Waals surface area contributed by atoms with Gasteiger partial charge in [-0.3, -0.25) is 9.88 Å². The van der Waals surface area contributed by atoms with E-state index in [0.29, 0.717) is 31.7 Å². The summed E-state index contributed by atoms with van der Waals surface area (Å²) in [4.78, 5) is 33.3. The van der Waals surface area contributed by atoms with E-state index in [9.17, 15) is 22.8 Å². The number of alkyl halides is 3. The molecule has 43 heavy (non-hydrogen) atoms. The van der Waals surface area contributed by atoms with E-state index in [0.717, 1.165) is 35.2 Å². The van der Waals surface area contributed by atoms with E-state index < -0.39 is 23.2 Å². The van der Waals surface area contributed by atoms with Crippen molar-refractivity contribution in [3.05, 3.63) is 59.8 Å². The minimum atomic E-state index is -4.54. The van der Waals surface area contributed by atoms with Gasteiger partial charge in [0.05, 0.1) is 24.8 Å². The van der Waals surface area contributed by atoms with Crippen LogP contribution in [-0.4, -0.2) is 77.8 Å². The summed E-state index contributed by atoms with van der Waals surface area (Å²) in [5, 5.41) is 6.69. The van der Waals surface area contributed by atoms with Crippen molar-refractivity contribution in [3.63, 3.8) is 0 Å². The van der Waals surface area contributed by atoms with Gasteiger partial charge < -0.3 is 25.0 Å². The number of para-hydroxylation sites is 1. The summed E-state index contributed by atoms with van der Waals surface area (Å²) >= 11 is 0. The van der Waals surface area contributed by atoms with Crippen LogP contribution in [0.1, 0.15) is 37.9 Å². The summed E-state index contributed by atoms with van der Waals surface area (Å²) in [6, 6.07) is 12.8. The molecule has 2 aliphatic heterocycles. The predicted molar refractivity (Wildman–Crippen MR) is 156 cm³/mol. The fourth-order valence-corrected chi connectivity index (χ4v) is 5.86. The van der Waals surface area contributed by atoms with Gasteiger partial charge in [0.25, 0.3) is 0 Å². The van der Waals surface area contributed by atoms with Gasteiger partial charge in [0.15, 0.2) is 0 Å². The molecule has 0 saturated carbocycles. The second kappa shape index (κ2) is 11.9. The average molecular weight is 600 g/mol. The first-order valence-corrected chi connectivity index (χ1v) is 14.2. The molecule has 2 amide bonds. The van der Waals surface area contributed by atoms with Gasteiger partial charge in [-0.15, -0.1) is 0 Å². The number of aryl methyl sites for hydroxylation is 1. The number of benzene rings is 2. The van der Waals surface area contributed by atoms with Gasteiger partial charge in [0.1, 0.15) is 11.3 Å². The van der Waals surface area contributed by atoms with Crippen LogP contribution in [-0.2, 0) is 15.7 Å². The Bertz CT molecular complexity index is 1510. The monoisotopic (exact) mass is 599 g/mol. The van der Waals surface area contributed by atoms with Crippen LogP contribution in [0.15, 0.2) is 48.5 Å². The zero-order valence-electron chi connectivity index (χ0n) is 24.6. The number of rotatable bonds is 9. The largest absolute Gasteiger partial charge is 0.493 e. The van der Waals surface area contributed by atoms with Crippen molar-refractivity contribution in [3.8, 4) is 5.75 Å². The molecule has 3 aromatic rings. The van der Waals surface area contributed by atoms with Crippen LogP contribution in [0.3, 0.4) is 0 Å². The minimum Gasteiger partial charge on any atom is -0.493 e. The smallest absolute Gasteiger partial charge is 0.416 e. The van der Waals surface area contributed by atoms with Crippen LogP contribution >= 0.6 is 0 Å². The lowest BCUT2D eigenvalue weighted by molar-refractivity contribution is -0.146. The number of carbonyl (C=O) groups excluding carboxylic acids is 2. The van der Waals surface area contributed by atoms with Crippen LogP contribution < -0.4 is 15.4 Å². The zero-order chi connectivity index (χ0) is 30.9. The Hall–Kier alpha value is -4.06. The number of fused-ring (bicyclic) bond motifs is 3. The summed E-state index contributed by atoms with van der Waals surface area (Å²) < 4.78 is 51.9. The lowest BCUT2D eigenvalue weighted by Gasteiger charge is -2.36. The third kappa shape index (κ3) is 6.79. The number of amides is 2. The molecule has 230 valence electrons. The molecular weight excluding hydrogens is 563 g/mol. The van der Waals surface area contributed by atoms with E-state index >= 15 is 0 Å². The molecular formula is C31H36F3N5O4. The first-order chi connectivity index (χ1) is 20.3. The van der Waals surface area contributed by atoms with Crippen molar-refractivity contribution in [2.75, 3.05) is 38.7 Å². The lowest BCUT2D eigenvalue weighted by atomic mass is 10.1. The molecule has 5 rings (SSSR count). The van der Waals surface area contributed by atoms with Crippen molar-refractivity contribution in [1.82, 2.24) is 20.1 Å². The normalized spacial score (nSPS) is 18.6. The SMILES string of the molecule is COC(=O)C(C)(C)NC(=O)N1CC2CC1CN2CCCOc1cc(Nc2cc(C)nc3ccccc23)cc(C(F)(F)F)c1. The number of nitrogens with zero attached hydrogens (tertiary/aromatic N) is 3. The molecule has 2 fully saturated rings. The van der Waals surface area contributed by atoms with Crippen LogP contribution in [0, 0.1) is 6.92 Å². The Labute approximate surface area is 248 Å². The fraction of sp³-hybridized carbons (Fsp3) is 0.452. The number of likely N-dealkylation sites (tertiary alicyclic amines) is 2. The number of aromatic nitrogens is 1. The Kier molecular flexibility index (Phi) is 8.42. The number of esters is 1. The molecule has 2 bridgehead atoms. The highest BCUT2D eigenvalue weighted by Gasteiger charge is 2.46. The van der Waals surface area contributed by atoms with E-state index in [1.165, 1.54) is 7.11 Å². The van der Waals surface area contributed by atoms with Crippen LogP contribution in [0.25, 0.3) is 10.9 Å². The Morgan fingerprint density at radius 3 is 2.53 bits per heavy atom. The van der Waals surface area contributed by atoms with Gasteiger partial charge >= 0.3 is 18.2 Å². The molecule has 0 radical (unpaired) electrons. The first kappa shape index (κ1) is 30.4. The molecule has 2 atom stereocenters. The van der Waals surface area contributed by atoms with Gasteiger partial charge in [-0.2, -0.15) is 13.2 Å². The summed E-state index contributed by atoms with van der Waals surface area (Å²) in [5.41, 5.74) is 0.495. The summed E-state index contributed by atoms with van der Waals surface area (Å²) in [6.07, 6.45) is -3.10. The van der Waals surface area contributed by atoms with Gasteiger partial charge in [-0.1, -0.05) is 18.2 Å². The van der Waals surface area contributed by atoms with Crippen LogP contribution in [0.2, 0.25) is 0 Å². The van der Waals surface area contributed by atoms with E-state index in [-0.39, 0.29) is 36.2 Å². The Balaban J connectivity index is 1.18. The number of ether oxygens (including phenoxy) is 2. The maximum atomic E-state index is 13.8. The molecule has 2 aliphatic rings. The molecule has 1 aromatic heterocycles. The number of nitrogens with one attached hydrogen (secondary N) is 2. The number of methoxy groups -OCH3 is 1. The lowest BCUT2D eigenvalue weighted by Crippen LogP contribution is -2.58. The van der Waals surface area contributed by atoms with Crippen LogP contribution in [0.4, 0.5) is 29.3 Å². The second-order valence-electron chi connectivity index (χ2n) is 11.6. The van der Waals surface area contributed by atoms with Crippen LogP contribution in [0.5, 0.6) is 5.75 Å². The number of hydrogen-bond acceptors (Lipinski definition) is 7.